The van der Waals surface area contributed by atoms with Crippen molar-refractivity contribution in [2.75, 3.05) is 12.8 Å². The number of carbonyl (C=O) groups is 1. The number of nitrogens with one attached hydrogen (secondary N) is 1. The van der Waals surface area contributed by atoms with Crippen LogP contribution in [0.5, 0.6) is 0 Å². The zero-order valence-electron chi connectivity index (χ0n) is 9.14. The highest BCUT2D eigenvalue weighted by atomic mass is 32.2. The number of rotatable bonds is 6. The molecule has 0 aromatic heterocycles. The van der Waals surface area contributed by atoms with Crippen molar-refractivity contribution in [2.24, 2.45) is 5.73 Å². The van der Waals surface area contributed by atoms with Gasteiger partial charge in [0.25, 0.3) is 0 Å². The van der Waals surface area contributed by atoms with E-state index < -0.39 is 12.0 Å². The molecule has 0 saturated carbocycles. The summed E-state index contributed by atoms with van der Waals surface area (Å²) in [7, 11) is 0. The van der Waals surface area contributed by atoms with Gasteiger partial charge in [-0.25, -0.2) is 0 Å². The molecule has 5 heteroatoms. The summed E-state index contributed by atoms with van der Waals surface area (Å²) in [5.74, 6) is -0.703. The number of aliphatic hydroxyl groups excluding tert-OH is 1. The zero-order valence-corrected chi connectivity index (χ0v) is 9.96. The maximum Gasteiger partial charge on any atom is 0.247 e. The van der Waals surface area contributed by atoms with Crippen molar-refractivity contribution < 1.29 is 9.90 Å². The molecule has 0 fully saturated rings. The quantitative estimate of drug-likeness (QED) is 0.627. The summed E-state index contributed by atoms with van der Waals surface area (Å²) in [6.45, 7) is 0.790. The van der Waals surface area contributed by atoms with Gasteiger partial charge in [0, 0.05) is 18.0 Å². The van der Waals surface area contributed by atoms with Crippen LogP contribution in [0.3, 0.4) is 0 Å². The minimum absolute atomic E-state index is 0.180. The van der Waals surface area contributed by atoms with Crippen LogP contribution >= 0.6 is 11.8 Å². The fourth-order valence-electron chi connectivity index (χ4n) is 1.20. The summed E-state index contributed by atoms with van der Waals surface area (Å²) in [6, 6.07) is 8.09. The number of benzene rings is 1. The molecule has 0 saturated heterocycles. The van der Waals surface area contributed by atoms with E-state index in [1.165, 1.54) is 4.90 Å². The number of aliphatic hydroxyl groups is 1. The van der Waals surface area contributed by atoms with E-state index in [1.54, 1.807) is 11.8 Å². The molecule has 0 aliphatic heterocycles. The van der Waals surface area contributed by atoms with Gasteiger partial charge in [0.05, 0.1) is 0 Å². The lowest BCUT2D eigenvalue weighted by molar-refractivity contribution is -0.125. The van der Waals surface area contributed by atoms with Crippen molar-refractivity contribution in [1.82, 2.24) is 5.32 Å². The lowest BCUT2D eigenvalue weighted by Crippen LogP contribution is -2.37. The first kappa shape index (κ1) is 13.0. The van der Waals surface area contributed by atoms with Gasteiger partial charge < -0.3 is 16.2 Å². The summed E-state index contributed by atoms with van der Waals surface area (Å²) >= 11 is 1.69. The van der Waals surface area contributed by atoms with Gasteiger partial charge in [-0.1, -0.05) is 12.1 Å². The maximum atomic E-state index is 10.6. The third-order valence-electron chi connectivity index (χ3n) is 2.15. The summed E-state index contributed by atoms with van der Waals surface area (Å²) in [5.41, 5.74) is 6.03. The Morgan fingerprint density at radius 1 is 1.50 bits per heavy atom. The molecular formula is C11H16N2O2S. The van der Waals surface area contributed by atoms with Gasteiger partial charge in [0.15, 0.2) is 0 Å². The smallest absolute Gasteiger partial charge is 0.247 e. The molecule has 1 aromatic rings. The highest BCUT2D eigenvalue weighted by Crippen LogP contribution is 2.14. The molecule has 1 rings (SSSR count). The van der Waals surface area contributed by atoms with E-state index in [0.717, 1.165) is 5.56 Å². The summed E-state index contributed by atoms with van der Waals surface area (Å²) in [6.07, 6.45) is 0.904. The van der Waals surface area contributed by atoms with Gasteiger partial charge in [-0.3, -0.25) is 4.79 Å². The van der Waals surface area contributed by atoms with Crippen LogP contribution in [0.4, 0.5) is 0 Å². The Kier molecular flexibility index (Phi) is 5.31. The number of hydrogen-bond acceptors (Lipinski definition) is 4. The van der Waals surface area contributed by atoms with Crippen LogP contribution in [0.1, 0.15) is 5.56 Å². The number of thioether (sulfide) groups is 1. The van der Waals surface area contributed by atoms with E-state index in [9.17, 15) is 4.79 Å². The Balaban J connectivity index is 2.34. The monoisotopic (exact) mass is 240 g/mol. The lowest BCUT2D eigenvalue weighted by Gasteiger charge is -2.08. The minimum atomic E-state index is -1.12. The molecule has 1 atom stereocenters. The van der Waals surface area contributed by atoms with Crippen LogP contribution in [0, 0.1) is 0 Å². The largest absolute Gasteiger partial charge is 0.382 e. The first-order chi connectivity index (χ1) is 7.63. The van der Waals surface area contributed by atoms with Gasteiger partial charge in [0.2, 0.25) is 5.91 Å². The van der Waals surface area contributed by atoms with Crippen LogP contribution in [0.2, 0.25) is 0 Å². The number of primary amides is 1. The van der Waals surface area contributed by atoms with Crippen molar-refractivity contribution in [2.45, 2.75) is 17.5 Å². The predicted molar refractivity (Wildman–Crippen MR) is 65.1 cm³/mol. The molecule has 0 spiro atoms. The van der Waals surface area contributed by atoms with E-state index in [0.29, 0.717) is 6.54 Å². The fourth-order valence-corrected chi connectivity index (χ4v) is 1.61. The molecule has 0 aliphatic rings. The van der Waals surface area contributed by atoms with Crippen LogP contribution in [0.15, 0.2) is 29.2 Å². The van der Waals surface area contributed by atoms with Crippen LogP contribution in [-0.4, -0.2) is 29.9 Å². The molecular weight excluding hydrogens is 224 g/mol. The SMILES string of the molecule is CSc1ccc(CNCC(O)C(N)=O)cc1. The van der Waals surface area contributed by atoms with Gasteiger partial charge in [-0.2, -0.15) is 0 Å². The van der Waals surface area contributed by atoms with Crippen molar-refractivity contribution in [1.29, 1.82) is 0 Å². The Morgan fingerprint density at radius 2 is 2.12 bits per heavy atom. The predicted octanol–water partition coefficient (Wildman–Crippen LogP) is 0.344. The average molecular weight is 240 g/mol. The second kappa shape index (κ2) is 6.52. The molecule has 1 aromatic carbocycles. The summed E-state index contributed by atoms with van der Waals surface area (Å²) in [5, 5.41) is 12.1. The molecule has 0 radical (unpaired) electrons. The standard InChI is InChI=1S/C11H16N2O2S/c1-16-9-4-2-8(3-5-9)6-13-7-10(14)11(12)15/h2-5,10,13-14H,6-7H2,1H3,(H2,12,15). The third kappa shape index (κ3) is 4.22. The molecule has 16 heavy (non-hydrogen) atoms. The second-order valence-corrected chi connectivity index (χ2v) is 4.28. The van der Waals surface area contributed by atoms with Crippen LogP contribution < -0.4 is 11.1 Å². The maximum absolute atomic E-state index is 10.6. The molecule has 0 aliphatic carbocycles. The molecule has 1 amide bonds. The van der Waals surface area contributed by atoms with Gasteiger partial charge in [-0.15, -0.1) is 11.8 Å². The molecule has 1 unspecified atom stereocenters. The number of hydrogen-bond donors (Lipinski definition) is 3. The number of nitrogens with two attached hydrogens (primary N) is 1. The van der Waals surface area contributed by atoms with Crippen LogP contribution in [-0.2, 0) is 11.3 Å². The van der Waals surface area contributed by atoms with Gasteiger partial charge in [-0.05, 0) is 24.0 Å². The molecule has 0 heterocycles. The number of carbonyl (C=O) groups excluding carboxylic acids is 1. The highest BCUT2D eigenvalue weighted by Gasteiger charge is 2.09. The van der Waals surface area contributed by atoms with Gasteiger partial charge >= 0.3 is 0 Å². The van der Waals surface area contributed by atoms with Crippen LogP contribution in [0.25, 0.3) is 0 Å². The first-order valence-corrected chi connectivity index (χ1v) is 6.17. The Labute approximate surface area is 99.2 Å². The topological polar surface area (TPSA) is 75.3 Å². The van der Waals surface area contributed by atoms with E-state index in [-0.39, 0.29) is 6.54 Å². The zero-order chi connectivity index (χ0) is 12.0. The summed E-state index contributed by atoms with van der Waals surface area (Å²) < 4.78 is 0. The Hall–Kier alpha value is -1.04. The fraction of sp³-hybridized carbons (Fsp3) is 0.364. The van der Waals surface area contributed by atoms with E-state index >= 15 is 0 Å². The molecule has 88 valence electrons. The molecule has 4 N–H and O–H groups in total. The second-order valence-electron chi connectivity index (χ2n) is 3.40. The van der Waals surface area contributed by atoms with Gasteiger partial charge in [0.1, 0.15) is 6.10 Å². The normalized spacial score (nSPS) is 12.4. The molecule has 4 nitrogen and oxygen atoms in total. The Bertz CT molecular complexity index is 340. The highest BCUT2D eigenvalue weighted by molar-refractivity contribution is 7.98. The van der Waals surface area contributed by atoms with Crippen molar-refractivity contribution in [3.8, 4) is 0 Å². The lowest BCUT2D eigenvalue weighted by atomic mass is 10.2. The average Bonchev–Trinajstić information content (AvgIpc) is 2.29. The minimum Gasteiger partial charge on any atom is -0.382 e. The number of amides is 1. The van der Waals surface area contributed by atoms with E-state index in [2.05, 4.69) is 5.32 Å². The third-order valence-corrected chi connectivity index (χ3v) is 2.90. The van der Waals surface area contributed by atoms with Crippen molar-refractivity contribution in [3.05, 3.63) is 29.8 Å². The van der Waals surface area contributed by atoms with Crippen molar-refractivity contribution in [3.63, 3.8) is 0 Å². The van der Waals surface area contributed by atoms with Crippen molar-refractivity contribution >= 4 is 17.7 Å². The van der Waals surface area contributed by atoms with E-state index in [4.69, 9.17) is 10.8 Å². The Morgan fingerprint density at radius 3 is 2.62 bits per heavy atom. The van der Waals surface area contributed by atoms with E-state index in [1.807, 2.05) is 30.5 Å². The summed E-state index contributed by atoms with van der Waals surface area (Å²) in [4.78, 5) is 11.8. The first-order valence-electron chi connectivity index (χ1n) is 4.94. The molecule has 0 bridgehead atoms.